The Morgan fingerprint density at radius 3 is 1.97 bits per heavy atom. The number of hydrogen-bond donors (Lipinski definition) is 8. The Morgan fingerprint density at radius 1 is 0.935 bits per heavy atom. The minimum atomic E-state index is -1.36. The number of phenolic OH excluding ortho intramolecular Hbond substituents is 1. The number of primary amides is 1. The van der Waals surface area contributed by atoms with Crippen LogP contribution in [0.3, 0.4) is 0 Å². The summed E-state index contributed by atoms with van der Waals surface area (Å²) < 4.78 is 0. The van der Waals surface area contributed by atoms with Crippen LogP contribution in [0, 0.1) is 0 Å². The summed E-state index contributed by atoms with van der Waals surface area (Å²) in [6.07, 6.45) is -0.609. The lowest BCUT2D eigenvalue weighted by atomic mass is 10.1. The number of carbonyl (C=O) groups is 5. The van der Waals surface area contributed by atoms with Crippen molar-refractivity contribution in [1.82, 2.24) is 16.0 Å². The molecule has 0 heterocycles. The average Bonchev–Trinajstić information content (AvgIpc) is 2.71. The molecule has 0 saturated carbocycles. The molecule has 0 bridgehead atoms. The van der Waals surface area contributed by atoms with Gasteiger partial charge in [0, 0.05) is 12.2 Å². The monoisotopic (exact) mass is 455 g/mol. The Hall–Kier alpha value is -3.32. The third kappa shape index (κ3) is 8.92. The molecule has 31 heavy (non-hydrogen) atoms. The summed E-state index contributed by atoms with van der Waals surface area (Å²) >= 11 is 3.99. The number of aliphatic carboxylic acids is 1. The normalized spacial score (nSPS) is 13.4. The number of thiol groups is 1. The molecule has 0 aliphatic rings. The molecule has 4 amide bonds. The van der Waals surface area contributed by atoms with Gasteiger partial charge in [0.1, 0.15) is 23.9 Å². The van der Waals surface area contributed by atoms with Gasteiger partial charge in [-0.1, -0.05) is 12.1 Å². The van der Waals surface area contributed by atoms with Crippen molar-refractivity contribution in [2.45, 2.75) is 31.0 Å². The minimum absolute atomic E-state index is 0.00440. The van der Waals surface area contributed by atoms with Gasteiger partial charge >= 0.3 is 5.97 Å². The van der Waals surface area contributed by atoms with Crippen LogP contribution in [0.1, 0.15) is 12.0 Å². The van der Waals surface area contributed by atoms with Crippen molar-refractivity contribution in [3.05, 3.63) is 29.8 Å². The zero-order chi connectivity index (χ0) is 23.6. The van der Waals surface area contributed by atoms with Crippen LogP contribution >= 0.6 is 12.6 Å². The Morgan fingerprint density at radius 2 is 1.48 bits per heavy atom. The standard InChI is InChI=1S/C18H25N5O7S/c19-7-15(26)21-11(6-14(20)25)16(27)23-13(8-31)17(28)22-12(18(29)30)5-9-1-3-10(24)4-2-9/h1-4,11-13,24,31H,5-8,19H2,(H2,20,25)(H,21,26)(H,22,28)(H,23,27)(H,29,30). The van der Waals surface area contributed by atoms with Crippen molar-refractivity contribution in [3.63, 3.8) is 0 Å². The fourth-order valence-electron chi connectivity index (χ4n) is 2.47. The molecule has 9 N–H and O–H groups in total. The summed E-state index contributed by atoms with van der Waals surface area (Å²) in [5.74, 6) is -4.82. The molecule has 1 aromatic carbocycles. The van der Waals surface area contributed by atoms with Gasteiger partial charge in [-0.15, -0.1) is 0 Å². The van der Waals surface area contributed by atoms with Crippen LogP contribution in [-0.4, -0.2) is 70.2 Å². The number of amides is 4. The number of nitrogens with two attached hydrogens (primary N) is 2. The lowest BCUT2D eigenvalue weighted by molar-refractivity contribution is -0.142. The van der Waals surface area contributed by atoms with Gasteiger partial charge in [0.2, 0.25) is 23.6 Å². The lowest BCUT2D eigenvalue weighted by Gasteiger charge is -2.23. The topological polar surface area (TPSA) is 214 Å². The van der Waals surface area contributed by atoms with Crippen molar-refractivity contribution < 1.29 is 34.2 Å². The molecule has 0 aliphatic carbocycles. The summed E-state index contributed by atoms with van der Waals surface area (Å²) in [4.78, 5) is 59.1. The Bertz CT molecular complexity index is 818. The molecule has 3 atom stereocenters. The van der Waals surface area contributed by atoms with Gasteiger partial charge in [-0.3, -0.25) is 19.2 Å². The average molecular weight is 455 g/mol. The molecular weight excluding hydrogens is 430 g/mol. The van der Waals surface area contributed by atoms with E-state index in [4.69, 9.17) is 11.5 Å². The molecule has 0 radical (unpaired) electrons. The maximum absolute atomic E-state index is 12.5. The first kappa shape index (κ1) is 25.7. The van der Waals surface area contributed by atoms with Crippen LogP contribution in [0.15, 0.2) is 24.3 Å². The summed E-state index contributed by atoms with van der Waals surface area (Å²) in [5, 5.41) is 25.5. The number of carboxylic acids is 1. The second-order valence-electron chi connectivity index (χ2n) is 6.51. The van der Waals surface area contributed by atoms with Gasteiger partial charge in [-0.25, -0.2) is 4.79 Å². The lowest BCUT2D eigenvalue weighted by Crippen LogP contribution is -2.57. The molecule has 0 aromatic heterocycles. The summed E-state index contributed by atoms with van der Waals surface area (Å²) in [5.41, 5.74) is 10.8. The zero-order valence-electron chi connectivity index (χ0n) is 16.4. The molecule has 1 aromatic rings. The molecule has 12 nitrogen and oxygen atoms in total. The van der Waals surface area contributed by atoms with Crippen molar-refractivity contribution in [2.75, 3.05) is 12.3 Å². The fraction of sp³-hybridized carbons (Fsp3) is 0.389. The van der Waals surface area contributed by atoms with E-state index in [0.717, 1.165) is 0 Å². The quantitative estimate of drug-likeness (QED) is 0.154. The largest absolute Gasteiger partial charge is 0.508 e. The Labute approximate surface area is 183 Å². The second kappa shape index (κ2) is 12.4. The molecule has 0 aliphatic heterocycles. The molecular formula is C18H25N5O7S. The van der Waals surface area contributed by atoms with Gasteiger partial charge in [0.15, 0.2) is 0 Å². The summed E-state index contributed by atoms with van der Waals surface area (Å²) in [6.45, 7) is -0.434. The van der Waals surface area contributed by atoms with Crippen LogP contribution in [0.2, 0.25) is 0 Å². The number of carboxylic acid groups (broad SMARTS) is 1. The molecule has 0 fully saturated rings. The first-order valence-electron chi connectivity index (χ1n) is 9.07. The first-order chi connectivity index (χ1) is 14.6. The number of nitrogens with one attached hydrogen (secondary N) is 3. The molecule has 0 saturated heterocycles. The van der Waals surface area contributed by atoms with Crippen LogP contribution in [0.5, 0.6) is 5.75 Å². The van der Waals surface area contributed by atoms with E-state index in [1.54, 1.807) is 0 Å². The highest BCUT2D eigenvalue weighted by molar-refractivity contribution is 7.80. The molecule has 0 spiro atoms. The highest BCUT2D eigenvalue weighted by Gasteiger charge is 2.29. The van der Waals surface area contributed by atoms with Gasteiger partial charge < -0.3 is 37.6 Å². The minimum Gasteiger partial charge on any atom is -0.508 e. The van der Waals surface area contributed by atoms with E-state index in [9.17, 15) is 34.2 Å². The number of carbonyl (C=O) groups excluding carboxylic acids is 4. The Kier molecular flexibility index (Phi) is 10.3. The van der Waals surface area contributed by atoms with E-state index in [-0.39, 0.29) is 17.9 Å². The number of phenols is 1. The van der Waals surface area contributed by atoms with Crippen molar-refractivity contribution in [2.24, 2.45) is 11.5 Å². The van der Waals surface area contributed by atoms with Crippen LogP contribution < -0.4 is 27.4 Å². The highest BCUT2D eigenvalue weighted by atomic mass is 32.1. The van der Waals surface area contributed by atoms with Gasteiger partial charge in [-0.05, 0) is 17.7 Å². The van der Waals surface area contributed by atoms with Crippen molar-refractivity contribution >= 4 is 42.2 Å². The Balaban J connectivity index is 2.85. The summed E-state index contributed by atoms with van der Waals surface area (Å²) in [7, 11) is 0. The molecule has 13 heteroatoms. The van der Waals surface area contributed by atoms with Crippen LogP contribution in [0.25, 0.3) is 0 Å². The zero-order valence-corrected chi connectivity index (χ0v) is 17.3. The molecule has 1 rings (SSSR count). The maximum Gasteiger partial charge on any atom is 0.326 e. The van der Waals surface area contributed by atoms with Gasteiger partial charge in [0.25, 0.3) is 0 Å². The van der Waals surface area contributed by atoms with E-state index in [0.29, 0.717) is 5.56 Å². The number of hydrogen-bond acceptors (Lipinski definition) is 8. The third-order valence-electron chi connectivity index (χ3n) is 4.05. The van der Waals surface area contributed by atoms with Crippen molar-refractivity contribution in [3.8, 4) is 5.75 Å². The number of rotatable bonds is 12. The van der Waals surface area contributed by atoms with E-state index >= 15 is 0 Å². The predicted molar refractivity (Wildman–Crippen MR) is 112 cm³/mol. The van der Waals surface area contributed by atoms with Gasteiger partial charge in [0.05, 0.1) is 13.0 Å². The SMILES string of the molecule is NCC(=O)NC(CC(N)=O)C(=O)NC(CS)C(=O)NC(Cc1ccc(O)cc1)C(=O)O. The van der Waals surface area contributed by atoms with Crippen molar-refractivity contribution in [1.29, 1.82) is 0 Å². The van der Waals surface area contributed by atoms with E-state index in [1.165, 1.54) is 24.3 Å². The molecule has 170 valence electrons. The second-order valence-corrected chi connectivity index (χ2v) is 6.87. The van der Waals surface area contributed by atoms with E-state index in [1.807, 2.05) is 0 Å². The fourth-order valence-corrected chi connectivity index (χ4v) is 2.73. The van der Waals surface area contributed by atoms with E-state index in [2.05, 4.69) is 28.6 Å². The first-order valence-corrected chi connectivity index (χ1v) is 9.70. The smallest absolute Gasteiger partial charge is 0.326 e. The third-order valence-corrected chi connectivity index (χ3v) is 4.41. The van der Waals surface area contributed by atoms with Crippen LogP contribution in [-0.2, 0) is 30.4 Å². The maximum atomic E-state index is 12.5. The van der Waals surface area contributed by atoms with Crippen LogP contribution in [0.4, 0.5) is 0 Å². The number of aromatic hydroxyl groups is 1. The summed E-state index contributed by atoms with van der Waals surface area (Å²) in [6, 6.07) is 1.81. The highest BCUT2D eigenvalue weighted by Crippen LogP contribution is 2.11. The number of benzene rings is 1. The van der Waals surface area contributed by atoms with Gasteiger partial charge in [-0.2, -0.15) is 12.6 Å². The molecule has 3 unspecified atom stereocenters. The predicted octanol–water partition coefficient (Wildman–Crippen LogP) is -2.76. The van der Waals surface area contributed by atoms with E-state index < -0.39 is 60.7 Å².